The summed E-state index contributed by atoms with van der Waals surface area (Å²) in [5.74, 6) is 0. The van der Waals surface area contributed by atoms with E-state index >= 15 is 0 Å². The van der Waals surface area contributed by atoms with E-state index in [0.29, 0.717) is 0 Å². The average molecular weight is 709 g/mol. The van der Waals surface area contributed by atoms with Gasteiger partial charge >= 0.3 is 0 Å². The van der Waals surface area contributed by atoms with E-state index in [1.54, 1.807) is 0 Å². The van der Waals surface area contributed by atoms with Gasteiger partial charge in [0, 0.05) is 0 Å². The van der Waals surface area contributed by atoms with E-state index in [4.69, 9.17) is 0 Å². The summed E-state index contributed by atoms with van der Waals surface area (Å²) in [5, 5.41) is 12.6. The molecule has 0 aliphatic rings. The zero-order chi connectivity index (χ0) is 37.0. The third-order valence-corrected chi connectivity index (χ3v) is 11.7. The molecule has 260 valence electrons. The van der Waals surface area contributed by atoms with Crippen LogP contribution in [-0.2, 0) is 0 Å². The van der Waals surface area contributed by atoms with Gasteiger partial charge in [-0.3, -0.25) is 0 Å². The van der Waals surface area contributed by atoms with E-state index in [2.05, 4.69) is 218 Å². The van der Waals surface area contributed by atoms with Crippen LogP contribution in [-0.4, -0.2) is 0 Å². The summed E-state index contributed by atoms with van der Waals surface area (Å²) < 4.78 is 0. The fraction of sp³-hybridized carbons (Fsp3) is 0. The van der Waals surface area contributed by atoms with Crippen LogP contribution in [0.3, 0.4) is 0 Å². The molecule has 0 amide bonds. The first kappa shape index (κ1) is 32.2. The lowest BCUT2D eigenvalue weighted by Crippen LogP contribution is -1.94. The second-order valence-electron chi connectivity index (χ2n) is 14.7. The number of benzene rings is 11. The molecule has 0 aliphatic carbocycles. The van der Waals surface area contributed by atoms with Crippen molar-refractivity contribution < 1.29 is 0 Å². The van der Waals surface area contributed by atoms with Gasteiger partial charge in [-0.1, -0.05) is 206 Å². The largest absolute Gasteiger partial charge is 0.0622 e. The summed E-state index contributed by atoms with van der Waals surface area (Å²) in [5.41, 5.74) is 12.3. The lowest BCUT2D eigenvalue weighted by molar-refractivity contribution is 1.58. The molecule has 0 N–H and O–H groups in total. The molecular formula is C56H36. The van der Waals surface area contributed by atoms with Gasteiger partial charge in [-0.15, -0.1) is 0 Å². The highest BCUT2D eigenvalue weighted by atomic mass is 14.2. The predicted octanol–water partition coefficient (Wildman–Crippen LogP) is 15.8. The van der Waals surface area contributed by atoms with Crippen LogP contribution in [0, 0.1) is 0 Å². The molecular weight excluding hydrogens is 673 g/mol. The molecule has 11 aromatic rings. The molecule has 0 saturated heterocycles. The molecule has 0 unspecified atom stereocenters. The molecule has 0 radical (unpaired) electrons. The summed E-state index contributed by atoms with van der Waals surface area (Å²) in [6, 6.07) is 80.4. The molecule has 0 heterocycles. The van der Waals surface area contributed by atoms with Gasteiger partial charge in [0.15, 0.2) is 0 Å². The van der Waals surface area contributed by atoms with Crippen molar-refractivity contribution in [3.63, 3.8) is 0 Å². The van der Waals surface area contributed by atoms with Crippen LogP contribution in [0.4, 0.5) is 0 Å². The molecule has 0 aromatic heterocycles. The van der Waals surface area contributed by atoms with E-state index in [1.807, 2.05) is 0 Å². The molecule has 0 aliphatic heterocycles. The quantitative estimate of drug-likeness (QED) is 0.123. The number of hydrogen-bond donors (Lipinski definition) is 0. The molecule has 0 saturated carbocycles. The third kappa shape index (κ3) is 5.15. The summed E-state index contributed by atoms with van der Waals surface area (Å²) >= 11 is 0. The smallest absolute Gasteiger partial charge is 0.00199 e. The van der Waals surface area contributed by atoms with Gasteiger partial charge in [0.05, 0.1) is 0 Å². The highest BCUT2D eigenvalue weighted by Crippen LogP contribution is 2.49. The first-order valence-corrected chi connectivity index (χ1v) is 19.4. The Labute approximate surface area is 326 Å². The Morgan fingerprint density at radius 3 is 1.38 bits per heavy atom. The van der Waals surface area contributed by atoms with Crippen molar-refractivity contribution in [2.45, 2.75) is 0 Å². The van der Waals surface area contributed by atoms with Gasteiger partial charge in [0.1, 0.15) is 0 Å². The van der Waals surface area contributed by atoms with Crippen LogP contribution >= 0.6 is 0 Å². The summed E-state index contributed by atoms with van der Waals surface area (Å²) in [4.78, 5) is 0. The van der Waals surface area contributed by atoms with E-state index in [0.717, 1.165) is 0 Å². The normalized spacial score (nSPS) is 11.6. The van der Waals surface area contributed by atoms with Crippen molar-refractivity contribution in [1.82, 2.24) is 0 Å². The predicted molar refractivity (Wildman–Crippen MR) is 241 cm³/mol. The van der Waals surface area contributed by atoms with Crippen LogP contribution in [0.15, 0.2) is 218 Å². The second-order valence-corrected chi connectivity index (χ2v) is 14.7. The molecule has 0 spiro atoms. The first-order valence-electron chi connectivity index (χ1n) is 19.4. The number of fused-ring (bicyclic) bond motifs is 6. The van der Waals surface area contributed by atoms with Crippen molar-refractivity contribution in [3.8, 4) is 55.6 Å². The van der Waals surface area contributed by atoms with Crippen LogP contribution < -0.4 is 0 Å². The van der Waals surface area contributed by atoms with Crippen LogP contribution in [0.5, 0.6) is 0 Å². The van der Waals surface area contributed by atoms with Gasteiger partial charge in [0.2, 0.25) is 0 Å². The first-order chi connectivity index (χ1) is 27.8. The maximum absolute atomic E-state index is 2.47. The van der Waals surface area contributed by atoms with Crippen molar-refractivity contribution in [2.75, 3.05) is 0 Å². The second kappa shape index (κ2) is 13.2. The van der Waals surface area contributed by atoms with Crippen LogP contribution in [0.1, 0.15) is 0 Å². The van der Waals surface area contributed by atoms with Crippen molar-refractivity contribution in [1.29, 1.82) is 0 Å². The fourth-order valence-corrected chi connectivity index (χ4v) is 9.19. The standard InChI is InChI=1S/C56H36/c1-2-18-38(19-3-1)55-49-28-12-14-30-51(49)56(52-31-15-13-29-50(52)55)54-36-40(33-34-48(54)45-32-16-21-37-17-4-6-22-41(37)45)43-24-8-9-26-46(43)53-35-39-20-5-7-23-42(39)44-25-10-11-27-47(44)53/h1-36H. The Kier molecular flexibility index (Phi) is 7.60. The van der Waals surface area contributed by atoms with E-state index in [9.17, 15) is 0 Å². The highest BCUT2D eigenvalue weighted by Gasteiger charge is 2.21. The zero-order valence-electron chi connectivity index (χ0n) is 30.8. The molecule has 56 heavy (non-hydrogen) atoms. The molecule has 0 heteroatoms. The van der Waals surface area contributed by atoms with Crippen molar-refractivity contribution in [3.05, 3.63) is 218 Å². The van der Waals surface area contributed by atoms with Crippen LogP contribution in [0.25, 0.3) is 109 Å². The van der Waals surface area contributed by atoms with Gasteiger partial charge in [-0.05, 0) is 122 Å². The zero-order valence-corrected chi connectivity index (χ0v) is 30.8. The number of hydrogen-bond acceptors (Lipinski definition) is 0. The molecule has 0 atom stereocenters. The number of rotatable bonds is 5. The maximum atomic E-state index is 2.47. The molecule has 11 rings (SSSR count). The van der Waals surface area contributed by atoms with E-state index in [-0.39, 0.29) is 0 Å². The topological polar surface area (TPSA) is 0 Å². The highest BCUT2D eigenvalue weighted by molar-refractivity contribution is 6.23. The Balaban J connectivity index is 1.24. The minimum Gasteiger partial charge on any atom is -0.0622 e. The Bertz CT molecular complexity index is 3230. The average Bonchev–Trinajstić information content (AvgIpc) is 3.28. The van der Waals surface area contributed by atoms with Gasteiger partial charge in [0.25, 0.3) is 0 Å². The van der Waals surface area contributed by atoms with E-state index < -0.39 is 0 Å². The maximum Gasteiger partial charge on any atom is -0.00199 e. The van der Waals surface area contributed by atoms with Crippen molar-refractivity contribution in [2.24, 2.45) is 0 Å². The lowest BCUT2D eigenvalue weighted by atomic mass is 9.81. The van der Waals surface area contributed by atoms with Crippen LogP contribution in [0.2, 0.25) is 0 Å². The Morgan fingerprint density at radius 1 is 0.179 bits per heavy atom. The monoisotopic (exact) mass is 708 g/mol. The molecule has 0 nitrogen and oxygen atoms in total. The van der Waals surface area contributed by atoms with Gasteiger partial charge in [-0.2, -0.15) is 0 Å². The molecule has 0 fully saturated rings. The third-order valence-electron chi connectivity index (χ3n) is 11.7. The minimum absolute atomic E-state index is 1.19. The summed E-state index contributed by atoms with van der Waals surface area (Å²) in [6.07, 6.45) is 0. The van der Waals surface area contributed by atoms with Gasteiger partial charge in [-0.25, -0.2) is 0 Å². The van der Waals surface area contributed by atoms with Crippen molar-refractivity contribution >= 4 is 53.9 Å². The minimum atomic E-state index is 1.19. The SMILES string of the molecule is c1ccc(-c2c3ccccc3c(-c3cc(-c4ccccc4-c4cc5ccccc5c5ccccc45)ccc3-c3cccc4ccccc34)c3ccccc23)cc1. The summed E-state index contributed by atoms with van der Waals surface area (Å²) in [7, 11) is 0. The molecule has 11 aromatic carbocycles. The lowest BCUT2D eigenvalue weighted by Gasteiger charge is -2.21. The van der Waals surface area contributed by atoms with Gasteiger partial charge < -0.3 is 0 Å². The fourth-order valence-electron chi connectivity index (χ4n) is 9.19. The van der Waals surface area contributed by atoms with E-state index in [1.165, 1.54) is 109 Å². The molecule has 0 bridgehead atoms. The Hall–Kier alpha value is -7.28. The summed E-state index contributed by atoms with van der Waals surface area (Å²) in [6.45, 7) is 0. The Morgan fingerprint density at radius 2 is 0.661 bits per heavy atom.